The van der Waals surface area contributed by atoms with Crippen LogP contribution in [-0.4, -0.2) is 31.5 Å². The van der Waals surface area contributed by atoms with E-state index in [2.05, 4.69) is 4.98 Å². The molecule has 0 unspecified atom stereocenters. The zero-order valence-corrected chi connectivity index (χ0v) is 23.4. The second kappa shape index (κ2) is 13.6. The van der Waals surface area contributed by atoms with E-state index in [0.29, 0.717) is 35.7 Å². The average Bonchev–Trinajstić information content (AvgIpc) is 2.95. The number of carboxylic acids is 1. The largest absolute Gasteiger partial charge is 0.507 e. The van der Waals surface area contributed by atoms with Gasteiger partial charge in [0, 0.05) is 29.3 Å². The van der Waals surface area contributed by atoms with Crippen LogP contribution in [0, 0.1) is 0 Å². The number of carboxylic acid groups (broad SMARTS) is 1. The van der Waals surface area contributed by atoms with E-state index < -0.39 is 23.2 Å². The van der Waals surface area contributed by atoms with Crippen LogP contribution in [0.1, 0.15) is 58.8 Å². The molecule has 4 aromatic rings. The molecule has 0 atom stereocenters. The molecule has 1 aromatic heterocycles. The Kier molecular flexibility index (Phi) is 9.67. The highest BCUT2D eigenvalue weighted by Crippen LogP contribution is 2.19. The van der Waals surface area contributed by atoms with Crippen molar-refractivity contribution in [2.75, 3.05) is 0 Å². The maximum Gasteiger partial charge on any atom is 0.376 e. The molecule has 4 rings (SSSR count). The Hall–Kier alpha value is -5.02. The van der Waals surface area contributed by atoms with Crippen LogP contribution in [0.4, 0.5) is 0 Å². The zero-order chi connectivity index (χ0) is 30.2. The van der Waals surface area contributed by atoms with Gasteiger partial charge in [-0.1, -0.05) is 86.6 Å². The molecule has 216 valence electrons. The molecule has 0 spiro atoms. The Morgan fingerprint density at radius 2 is 1.50 bits per heavy atom. The molecule has 0 aliphatic carbocycles. The summed E-state index contributed by atoms with van der Waals surface area (Å²) in [7, 11) is 0. The van der Waals surface area contributed by atoms with Gasteiger partial charge in [0.05, 0.1) is 6.61 Å². The number of aliphatic carboxylic acids is 1. The molecule has 9 nitrogen and oxygen atoms in total. The van der Waals surface area contributed by atoms with Crippen molar-refractivity contribution in [1.82, 2.24) is 9.55 Å². The number of aliphatic hydroxyl groups excluding tert-OH is 1. The Morgan fingerprint density at radius 1 is 0.857 bits per heavy atom. The smallest absolute Gasteiger partial charge is 0.376 e. The third-order valence-electron chi connectivity index (χ3n) is 6.76. The SMILES string of the molecule is CC(C)c1c(Cc2ccccc2)n(COCc2ccc(Cc3cccc(/C(O)=C/C(=O)C(=O)O)c3)cc2)c(=O)[nH]c1=O. The standard InChI is InChI=1S/C33H32N2O7/c1-21(2)30-27(17-22-7-4-3-5-8-22)35(33(41)34-31(30)38)20-42-19-24-13-11-23(12-14-24)15-25-9-6-10-26(16-25)28(36)18-29(37)32(39)40/h3-14,16,18,21,36H,15,17,19-20H2,1-2H3,(H,39,40)(H,34,38,41)/b28-18-. The van der Waals surface area contributed by atoms with Crippen LogP contribution < -0.4 is 11.2 Å². The highest BCUT2D eigenvalue weighted by atomic mass is 16.5. The Morgan fingerprint density at radius 3 is 2.17 bits per heavy atom. The van der Waals surface area contributed by atoms with E-state index >= 15 is 0 Å². The van der Waals surface area contributed by atoms with Crippen molar-refractivity contribution < 1.29 is 24.5 Å². The maximum absolute atomic E-state index is 12.8. The normalized spacial score (nSPS) is 11.5. The quantitative estimate of drug-likeness (QED) is 0.129. The summed E-state index contributed by atoms with van der Waals surface area (Å²) in [5, 5.41) is 18.9. The van der Waals surface area contributed by atoms with Crippen LogP contribution in [0.5, 0.6) is 0 Å². The van der Waals surface area contributed by atoms with Crippen molar-refractivity contribution in [2.24, 2.45) is 0 Å². The number of carbonyl (C=O) groups excluding carboxylic acids is 1. The number of carbonyl (C=O) groups is 2. The molecule has 0 aliphatic rings. The summed E-state index contributed by atoms with van der Waals surface area (Å²) in [6.07, 6.45) is 1.66. The first kappa shape index (κ1) is 30.0. The predicted octanol–water partition coefficient (Wildman–Crippen LogP) is 4.57. The number of ether oxygens (including phenoxy) is 1. The molecule has 0 saturated heterocycles. The van der Waals surface area contributed by atoms with Crippen LogP contribution in [0.2, 0.25) is 0 Å². The predicted molar refractivity (Wildman–Crippen MR) is 158 cm³/mol. The van der Waals surface area contributed by atoms with Crippen LogP contribution in [-0.2, 0) is 40.5 Å². The molecule has 0 amide bonds. The first-order valence-electron chi connectivity index (χ1n) is 13.4. The summed E-state index contributed by atoms with van der Waals surface area (Å²) < 4.78 is 7.41. The van der Waals surface area contributed by atoms with Gasteiger partial charge >= 0.3 is 11.7 Å². The summed E-state index contributed by atoms with van der Waals surface area (Å²) in [5.74, 6) is -3.33. The number of ketones is 1. The third-order valence-corrected chi connectivity index (χ3v) is 6.76. The van der Waals surface area contributed by atoms with Crippen molar-refractivity contribution >= 4 is 17.5 Å². The summed E-state index contributed by atoms with van der Waals surface area (Å²) in [6.45, 7) is 4.07. The van der Waals surface area contributed by atoms with Crippen molar-refractivity contribution in [1.29, 1.82) is 0 Å². The van der Waals surface area contributed by atoms with Gasteiger partial charge in [-0.2, -0.15) is 0 Å². The lowest BCUT2D eigenvalue weighted by molar-refractivity contribution is -0.146. The number of aromatic nitrogens is 2. The van der Waals surface area contributed by atoms with Gasteiger partial charge in [0.1, 0.15) is 12.5 Å². The molecule has 3 N–H and O–H groups in total. The molecule has 1 heterocycles. The number of nitrogens with zero attached hydrogens (tertiary/aromatic N) is 1. The van der Waals surface area contributed by atoms with Gasteiger partial charge < -0.3 is 14.9 Å². The first-order valence-corrected chi connectivity index (χ1v) is 13.4. The molecular formula is C33H32N2O7. The van der Waals surface area contributed by atoms with Crippen molar-refractivity contribution in [3.63, 3.8) is 0 Å². The number of rotatable bonds is 12. The van der Waals surface area contributed by atoms with Crippen LogP contribution in [0.15, 0.2) is 94.5 Å². The van der Waals surface area contributed by atoms with Gasteiger partial charge in [-0.25, -0.2) is 9.59 Å². The summed E-state index contributed by atoms with van der Waals surface area (Å²) in [4.78, 5) is 50.0. The topological polar surface area (TPSA) is 139 Å². The van der Waals surface area contributed by atoms with Crippen molar-refractivity contribution in [2.45, 2.75) is 45.9 Å². The number of benzene rings is 3. The molecular weight excluding hydrogens is 536 g/mol. The summed E-state index contributed by atoms with van der Waals surface area (Å²) in [6, 6.07) is 24.3. The second-order valence-corrected chi connectivity index (χ2v) is 10.2. The minimum atomic E-state index is -1.64. The van der Waals surface area contributed by atoms with E-state index in [1.807, 2.05) is 74.5 Å². The fraction of sp³-hybridized carbons (Fsp3) is 0.212. The van der Waals surface area contributed by atoms with Gasteiger partial charge in [0.15, 0.2) is 0 Å². The fourth-order valence-corrected chi connectivity index (χ4v) is 4.70. The lowest BCUT2D eigenvalue weighted by Crippen LogP contribution is -2.36. The van der Waals surface area contributed by atoms with Gasteiger partial charge in [0.2, 0.25) is 0 Å². The Bertz CT molecular complexity index is 1720. The monoisotopic (exact) mass is 568 g/mol. The molecule has 0 saturated carbocycles. The molecule has 0 fully saturated rings. The van der Waals surface area contributed by atoms with Gasteiger partial charge in [0.25, 0.3) is 11.3 Å². The van der Waals surface area contributed by atoms with Crippen LogP contribution >= 0.6 is 0 Å². The molecule has 42 heavy (non-hydrogen) atoms. The number of nitrogens with one attached hydrogen (secondary N) is 1. The lowest BCUT2D eigenvalue weighted by Gasteiger charge is -2.18. The Balaban J connectivity index is 1.44. The molecule has 0 radical (unpaired) electrons. The van der Waals surface area contributed by atoms with E-state index in [1.54, 1.807) is 18.2 Å². The van der Waals surface area contributed by atoms with E-state index in [9.17, 15) is 24.3 Å². The highest BCUT2D eigenvalue weighted by molar-refractivity contribution is 6.38. The number of H-pyrrole nitrogens is 1. The number of hydrogen-bond acceptors (Lipinski definition) is 6. The first-order chi connectivity index (χ1) is 20.1. The number of aromatic amines is 1. The van der Waals surface area contributed by atoms with E-state index in [1.165, 1.54) is 4.57 Å². The minimum absolute atomic E-state index is 0.0204. The minimum Gasteiger partial charge on any atom is -0.507 e. The van der Waals surface area contributed by atoms with Crippen molar-refractivity contribution in [3.8, 4) is 0 Å². The summed E-state index contributed by atoms with van der Waals surface area (Å²) in [5.41, 5.74) is 4.39. The van der Waals surface area contributed by atoms with E-state index in [-0.39, 0.29) is 24.8 Å². The number of aliphatic hydroxyl groups is 1. The highest BCUT2D eigenvalue weighted by Gasteiger charge is 2.18. The van der Waals surface area contributed by atoms with Gasteiger partial charge in [-0.3, -0.25) is 19.1 Å². The lowest BCUT2D eigenvalue weighted by atomic mass is 9.98. The van der Waals surface area contributed by atoms with Crippen LogP contribution in [0.25, 0.3) is 5.76 Å². The third kappa shape index (κ3) is 7.58. The zero-order valence-electron chi connectivity index (χ0n) is 23.4. The number of hydrogen-bond donors (Lipinski definition) is 3. The maximum atomic E-state index is 12.8. The second-order valence-electron chi connectivity index (χ2n) is 10.2. The van der Waals surface area contributed by atoms with Crippen molar-refractivity contribution in [3.05, 3.63) is 145 Å². The molecule has 9 heteroatoms. The summed E-state index contributed by atoms with van der Waals surface area (Å²) >= 11 is 0. The van der Waals surface area contributed by atoms with E-state index in [0.717, 1.165) is 22.3 Å². The van der Waals surface area contributed by atoms with E-state index in [4.69, 9.17) is 9.84 Å². The van der Waals surface area contributed by atoms with Gasteiger partial charge in [-0.15, -0.1) is 0 Å². The Labute approximate surface area is 242 Å². The van der Waals surface area contributed by atoms with Crippen LogP contribution in [0.3, 0.4) is 0 Å². The molecule has 3 aromatic carbocycles. The average molecular weight is 569 g/mol. The molecule has 0 aliphatic heterocycles. The fourth-order valence-electron chi connectivity index (χ4n) is 4.70. The molecule has 0 bridgehead atoms. The van der Waals surface area contributed by atoms with Gasteiger partial charge in [-0.05, 0) is 40.7 Å².